The Balaban J connectivity index is 2.09. The molecule has 0 saturated heterocycles. The zero-order valence-corrected chi connectivity index (χ0v) is 12.9. The van der Waals surface area contributed by atoms with Crippen molar-refractivity contribution in [2.24, 2.45) is 0 Å². The summed E-state index contributed by atoms with van der Waals surface area (Å²) < 4.78 is 5.03. The summed E-state index contributed by atoms with van der Waals surface area (Å²) in [6.07, 6.45) is 3.59. The first-order chi connectivity index (χ1) is 9.81. The molecule has 1 aromatic heterocycles. The number of halogens is 1. The Labute approximate surface area is 128 Å². The minimum atomic E-state index is 0.692. The second kappa shape index (κ2) is 8.27. The van der Waals surface area contributed by atoms with Gasteiger partial charge in [-0.3, -0.25) is 4.98 Å². The molecule has 2 aromatic rings. The summed E-state index contributed by atoms with van der Waals surface area (Å²) in [5, 5.41) is 4.12. The van der Waals surface area contributed by atoms with Gasteiger partial charge in [-0.2, -0.15) is 0 Å². The first-order valence-corrected chi connectivity index (χ1v) is 7.55. The highest BCUT2D eigenvalue weighted by Gasteiger charge is 2.08. The normalized spacial score (nSPS) is 10.7. The number of methoxy groups -OCH3 is 1. The highest BCUT2D eigenvalue weighted by molar-refractivity contribution is 7.99. The molecule has 1 N–H and O–H groups in total. The van der Waals surface area contributed by atoms with E-state index in [9.17, 15) is 0 Å². The summed E-state index contributed by atoms with van der Waals surface area (Å²) in [5.41, 5.74) is 1.12. The fourth-order valence-corrected chi connectivity index (χ4v) is 2.99. The van der Waals surface area contributed by atoms with E-state index < -0.39 is 0 Å². The summed E-state index contributed by atoms with van der Waals surface area (Å²) in [4.78, 5) is 6.35. The van der Waals surface area contributed by atoms with Crippen LogP contribution in [0.3, 0.4) is 0 Å². The van der Waals surface area contributed by atoms with Crippen molar-refractivity contribution >= 4 is 23.4 Å². The molecule has 0 aliphatic heterocycles. The van der Waals surface area contributed by atoms with Gasteiger partial charge in [0.25, 0.3) is 0 Å². The summed E-state index contributed by atoms with van der Waals surface area (Å²) in [6.45, 7) is 2.23. The first kappa shape index (κ1) is 15.3. The van der Waals surface area contributed by atoms with Crippen molar-refractivity contribution in [2.45, 2.75) is 16.3 Å². The van der Waals surface area contributed by atoms with E-state index >= 15 is 0 Å². The standard InChI is InChI=1S/C15H17ClN2OS/c1-19-10-9-18-11-13-14(16)3-2-4-15(13)20-12-5-7-17-8-6-12/h2-8,18H,9-11H2,1H3. The van der Waals surface area contributed by atoms with Crippen LogP contribution in [0, 0.1) is 0 Å². The molecule has 3 nitrogen and oxygen atoms in total. The van der Waals surface area contributed by atoms with Crippen LogP contribution in [-0.4, -0.2) is 25.2 Å². The van der Waals surface area contributed by atoms with E-state index in [0.29, 0.717) is 6.61 Å². The highest BCUT2D eigenvalue weighted by Crippen LogP contribution is 2.33. The third-order valence-corrected chi connectivity index (χ3v) is 4.20. The lowest BCUT2D eigenvalue weighted by molar-refractivity contribution is 0.199. The predicted octanol–water partition coefficient (Wildman–Crippen LogP) is 3.62. The zero-order valence-electron chi connectivity index (χ0n) is 11.3. The van der Waals surface area contributed by atoms with Crippen LogP contribution in [0.15, 0.2) is 52.5 Å². The van der Waals surface area contributed by atoms with E-state index in [1.54, 1.807) is 31.3 Å². The van der Waals surface area contributed by atoms with Crippen molar-refractivity contribution in [1.82, 2.24) is 10.3 Å². The minimum Gasteiger partial charge on any atom is -0.383 e. The fraction of sp³-hybridized carbons (Fsp3) is 0.267. The number of pyridine rings is 1. The van der Waals surface area contributed by atoms with Gasteiger partial charge in [0, 0.05) is 47.4 Å². The van der Waals surface area contributed by atoms with Crippen molar-refractivity contribution in [2.75, 3.05) is 20.3 Å². The molecular formula is C15H17ClN2OS. The Morgan fingerprint density at radius 2 is 2.05 bits per heavy atom. The lowest BCUT2D eigenvalue weighted by Gasteiger charge is -2.12. The molecule has 1 heterocycles. The SMILES string of the molecule is COCCNCc1c(Cl)cccc1Sc1ccncc1. The largest absolute Gasteiger partial charge is 0.383 e. The summed E-state index contributed by atoms with van der Waals surface area (Å²) in [7, 11) is 1.70. The average Bonchev–Trinajstić information content (AvgIpc) is 2.47. The molecule has 0 aliphatic rings. The molecule has 0 radical (unpaired) electrons. The number of nitrogens with one attached hydrogen (secondary N) is 1. The molecule has 0 fully saturated rings. The smallest absolute Gasteiger partial charge is 0.0587 e. The number of nitrogens with zero attached hydrogens (tertiary/aromatic N) is 1. The molecule has 0 unspecified atom stereocenters. The molecule has 0 spiro atoms. The molecule has 0 aliphatic carbocycles. The molecule has 0 atom stereocenters. The molecule has 0 amide bonds. The number of rotatable bonds is 7. The second-order valence-electron chi connectivity index (χ2n) is 4.17. The molecule has 0 bridgehead atoms. The van der Waals surface area contributed by atoms with Gasteiger partial charge in [-0.05, 0) is 29.8 Å². The summed E-state index contributed by atoms with van der Waals surface area (Å²) >= 11 is 8.01. The molecule has 1 aromatic carbocycles. The van der Waals surface area contributed by atoms with Crippen LogP contribution >= 0.6 is 23.4 Å². The van der Waals surface area contributed by atoms with E-state index in [4.69, 9.17) is 16.3 Å². The van der Waals surface area contributed by atoms with Crippen molar-refractivity contribution in [3.05, 3.63) is 53.3 Å². The first-order valence-electron chi connectivity index (χ1n) is 6.36. The van der Waals surface area contributed by atoms with Gasteiger partial charge in [0.1, 0.15) is 0 Å². The third kappa shape index (κ3) is 4.49. The number of aromatic nitrogens is 1. The Bertz CT molecular complexity index is 537. The Morgan fingerprint density at radius 1 is 1.25 bits per heavy atom. The molecular weight excluding hydrogens is 292 g/mol. The van der Waals surface area contributed by atoms with E-state index in [1.807, 2.05) is 24.3 Å². The second-order valence-corrected chi connectivity index (χ2v) is 5.69. The van der Waals surface area contributed by atoms with Gasteiger partial charge < -0.3 is 10.1 Å². The molecule has 106 valence electrons. The lowest BCUT2D eigenvalue weighted by atomic mass is 10.2. The van der Waals surface area contributed by atoms with E-state index in [-0.39, 0.29) is 0 Å². The molecule has 20 heavy (non-hydrogen) atoms. The zero-order chi connectivity index (χ0) is 14.2. The third-order valence-electron chi connectivity index (χ3n) is 2.74. The van der Waals surface area contributed by atoms with Gasteiger partial charge in [-0.15, -0.1) is 0 Å². The number of benzene rings is 1. The lowest BCUT2D eigenvalue weighted by Crippen LogP contribution is -2.19. The maximum atomic E-state index is 6.31. The van der Waals surface area contributed by atoms with Crippen LogP contribution in [-0.2, 0) is 11.3 Å². The summed E-state index contributed by atoms with van der Waals surface area (Å²) in [6, 6.07) is 9.97. The van der Waals surface area contributed by atoms with Crippen molar-refractivity contribution in [3.8, 4) is 0 Å². The quantitative estimate of drug-likeness (QED) is 0.792. The van der Waals surface area contributed by atoms with Crippen LogP contribution in [0.25, 0.3) is 0 Å². The fourth-order valence-electron chi connectivity index (χ4n) is 1.73. The van der Waals surface area contributed by atoms with E-state index in [1.165, 1.54) is 0 Å². The van der Waals surface area contributed by atoms with Gasteiger partial charge in [-0.25, -0.2) is 0 Å². The minimum absolute atomic E-state index is 0.692. The Kier molecular flexibility index (Phi) is 6.33. The maximum Gasteiger partial charge on any atom is 0.0587 e. The van der Waals surface area contributed by atoms with Crippen LogP contribution in [0.5, 0.6) is 0 Å². The van der Waals surface area contributed by atoms with E-state index in [2.05, 4.69) is 16.4 Å². The molecule has 2 rings (SSSR count). The van der Waals surface area contributed by atoms with Gasteiger partial charge in [0.05, 0.1) is 6.61 Å². The van der Waals surface area contributed by atoms with Gasteiger partial charge >= 0.3 is 0 Å². The number of hydrogen-bond acceptors (Lipinski definition) is 4. The van der Waals surface area contributed by atoms with Crippen molar-refractivity contribution in [1.29, 1.82) is 0 Å². The molecule has 5 heteroatoms. The van der Waals surface area contributed by atoms with Crippen LogP contribution in [0.1, 0.15) is 5.56 Å². The topological polar surface area (TPSA) is 34.1 Å². The number of ether oxygens (including phenoxy) is 1. The summed E-state index contributed by atoms with van der Waals surface area (Å²) in [5.74, 6) is 0. The molecule has 0 saturated carbocycles. The van der Waals surface area contributed by atoms with Crippen molar-refractivity contribution in [3.63, 3.8) is 0 Å². The van der Waals surface area contributed by atoms with Gasteiger partial charge in [0.15, 0.2) is 0 Å². The predicted molar refractivity (Wildman–Crippen MR) is 83.4 cm³/mol. The Hall–Kier alpha value is -1.07. The van der Waals surface area contributed by atoms with Gasteiger partial charge in [-0.1, -0.05) is 29.4 Å². The van der Waals surface area contributed by atoms with Crippen molar-refractivity contribution < 1.29 is 4.74 Å². The van der Waals surface area contributed by atoms with Crippen LogP contribution < -0.4 is 5.32 Å². The van der Waals surface area contributed by atoms with Crippen LogP contribution in [0.2, 0.25) is 5.02 Å². The Morgan fingerprint density at radius 3 is 2.80 bits per heavy atom. The van der Waals surface area contributed by atoms with E-state index in [0.717, 1.165) is 33.5 Å². The monoisotopic (exact) mass is 308 g/mol. The van der Waals surface area contributed by atoms with Crippen LogP contribution in [0.4, 0.5) is 0 Å². The van der Waals surface area contributed by atoms with Gasteiger partial charge in [0.2, 0.25) is 0 Å². The number of hydrogen-bond donors (Lipinski definition) is 1. The maximum absolute atomic E-state index is 6.31. The average molecular weight is 309 g/mol. The highest BCUT2D eigenvalue weighted by atomic mass is 35.5.